The van der Waals surface area contributed by atoms with E-state index < -0.39 is 0 Å². The average molecular weight is 671 g/mol. The number of rotatable bonds is 6. The van der Waals surface area contributed by atoms with Gasteiger partial charge in [-0.2, -0.15) is 0 Å². The maximum Gasteiger partial charge on any atom is 0.0710 e. The maximum absolute atomic E-state index is 5.15. The third-order valence-electron chi connectivity index (χ3n) is 9.71. The Morgan fingerprint density at radius 3 is 1.08 bits per heavy atom. The highest BCUT2D eigenvalue weighted by Crippen LogP contribution is 2.34. The van der Waals surface area contributed by atoms with E-state index in [1.54, 1.807) is 0 Å². The van der Waals surface area contributed by atoms with Crippen molar-refractivity contribution in [3.8, 4) is 33.9 Å². The van der Waals surface area contributed by atoms with Crippen molar-refractivity contribution in [1.29, 1.82) is 0 Å². The number of aromatic nitrogens is 4. The normalized spacial score (nSPS) is 11.6. The van der Waals surface area contributed by atoms with Crippen molar-refractivity contribution in [2.45, 2.75) is 0 Å². The van der Waals surface area contributed by atoms with Crippen molar-refractivity contribution in [3.63, 3.8) is 0 Å². The van der Waals surface area contributed by atoms with Crippen molar-refractivity contribution in [1.82, 2.24) is 19.1 Å². The van der Waals surface area contributed by atoms with Gasteiger partial charge in [0.05, 0.1) is 44.3 Å². The third kappa shape index (κ3) is 5.12. The first-order valence-electron chi connectivity index (χ1n) is 17.2. The van der Waals surface area contributed by atoms with Gasteiger partial charge < -0.3 is 9.13 Å². The molecule has 10 rings (SSSR count). The monoisotopic (exact) mass is 670 g/mol. The summed E-state index contributed by atoms with van der Waals surface area (Å²) in [5.74, 6) is 0. The lowest BCUT2D eigenvalue weighted by molar-refractivity contribution is 1.18. The van der Waals surface area contributed by atoms with Gasteiger partial charge in [-0.05, 0) is 81.4 Å². The van der Waals surface area contributed by atoms with Crippen molar-refractivity contribution >= 4 is 63.1 Å². The van der Waals surface area contributed by atoms with Gasteiger partial charge in [0.1, 0.15) is 0 Å². The van der Waals surface area contributed by atoms with Crippen molar-refractivity contribution in [3.05, 3.63) is 182 Å². The molecule has 0 bridgehead atoms. The van der Waals surface area contributed by atoms with Gasteiger partial charge in [0, 0.05) is 44.0 Å². The Balaban J connectivity index is 0.971. The SMILES string of the molecule is c1cc(-c2cccc(Pc3cccc(-c4cccc(-n5c6ccccc6c6ccccc65)c4)n3)n2)cc(-n2c3ccccc3c3ccccc32)c1. The Morgan fingerprint density at radius 2 is 0.686 bits per heavy atom. The van der Waals surface area contributed by atoms with Crippen LogP contribution in [0.2, 0.25) is 0 Å². The highest BCUT2D eigenvalue weighted by Gasteiger charge is 2.14. The zero-order valence-electron chi connectivity index (χ0n) is 27.6. The van der Waals surface area contributed by atoms with Gasteiger partial charge >= 0.3 is 0 Å². The Hall–Kier alpha value is -6.35. The molecule has 0 aliphatic heterocycles. The predicted octanol–water partition coefficient (Wildman–Crippen LogP) is 10.6. The van der Waals surface area contributed by atoms with E-state index in [0.717, 1.165) is 44.8 Å². The zero-order valence-corrected chi connectivity index (χ0v) is 28.6. The largest absolute Gasteiger partial charge is 0.309 e. The summed E-state index contributed by atoms with van der Waals surface area (Å²) in [4.78, 5) is 10.3. The summed E-state index contributed by atoms with van der Waals surface area (Å²) in [6.07, 6.45) is 0. The molecule has 51 heavy (non-hydrogen) atoms. The van der Waals surface area contributed by atoms with Crippen LogP contribution in [0.1, 0.15) is 0 Å². The van der Waals surface area contributed by atoms with E-state index in [2.05, 4.69) is 191 Å². The third-order valence-corrected chi connectivity index (χ3v) is 10.8. The fraction of sp³-hybridized carbons (Fsp3) is 0. The molecule has 0 amide bonds. The van der Waals surface area contributed by atoms with E-state index in [9.17, 15) is 0 Å². The molecule has 0 aliphatic rings. The molecule has 5 heteroatoms. The minimum absolute atomic E-state index is 0.325. The van der Waals surface area contributed by atoms with Gasteiger partial charge in [-0.1, -0.05) is 109 Å². The molecule has 4 nitrogen and oxygen atoms in total. The van der Waals surface area contributed by atoms with Crippen molar-refractivity contribution < 1.29 is 0 Å². The van der Waals surface area contributed by atoms with Crippen LogP contribution in [0.4, 0.5) is 0 Å². The number of para-hydroxylation sites is 4. The van der Waals surface area contributed by atoms with Crippen molar-refractivity contribution in [2.24, 2.45) is 0 Å². The summed E-state index contributed by atoms with van der Waals surface area (Å²) in [7, 11) is 0.325. The molecule has 240 valence electrons. The second kappa shape index (κ2) is 12.2. The molecule has 0 unspecified atom stereocenters. The quantitative estimate of drug-likeness (QED) is 0.165. The van der Waals surface area contributed by atoms with E-state index in [0.29, 0.717) is 8.58 Å². The molecule has 10 aromatic rings. The van der Waals surface area contributed by atoms with Gasteiger partial charge in [0.15, 0.2) is 0 Å². The molecule has 0 N–H and O–H groups in total. The fourth-order valence-corrected chi connectivity index (χ4v) is 8.45. The highest BCUT2D eigenvalue weighted by atomic mass is 31.1. The van der Waals surface area contributed by atoms with Crippen LogP contribution in [0.5, 0.6) is 0 Å². The van der Waals surface area contributed by atoms with E-state index in [-0.39, 0.29) is 0 Å². The van der Waals surface area contributed by atoms with Crippen LogP contribution in [0, 0.1) is 0 Å². The highest BCUT2D eigenvalue weighted by molar-refractivity contribution is 7.54. The van der Waals surface area contributed by atoms with Crippen LogP contribution in [-0.4, -0.2) is 19.1 Å². The second-order valence-corrected chi connectivity index (χ2v) is 14.1. The molecule has 0 aliphatic carbocycles. The molecule has 4 heterocycles. The van der Waals surface area contributed by atoms with Crippen LogP contribution in [0.15, 0.2) is 182 Å². The maximum atomic E-state index is 5.15. The second-order valence-electron chi connectivity index (χ2n) is 12.8. The molecule has 4 aromatic heterocycles. The number of hydrogen-bond acceptors (Lipinski definition) is 2. The summed E-state index contributed by atoms with van der Waals surface area (Å²) in [5, 5.41) is 5.03. The van der Waals surface area contributed by atoms with Crippen molar-refractivity contribution in [2.75, 3.05) is 0 Å². The van der Waals surface area contributed by atoms with Gasteiger partial charge in [0.25, 0.3) is 0 Å². The minimum atomic E-state index is 0.325. The number of benzene rings is 6. The first-order chi connectivity index (χ1) is 25.3. The first-order valence-corrected chi connectivity index (χ1v) is 18.2. The van der Waals surface area contributed by atoms with Crippen LogP contribution >= 0.6 is 8.58 Å². The molecule has 0 radical (unpaired) electrons. The standard InChI is InChI=1S/C46H31N4P/c1-5-23-41-35(17-1)36-18-2-6-24-42(36)49(41)33-15-9-13-31(29-33)39-21-11-27-45(47-39)51-46-28-12-22-40(48-46)32-14-10-16-34(30-32)50-43-25-7-3-19-37(43)38-20-4-8-26-44(38)50/h1-30,51H. The van der Waals surface area contributed by atoms with Crippen LogP contribution < -0.4 is 10.9 Å². The lowest BCUT2D eigenvalue weighted by atomic mass is 10.1. The van der Waals surface area contributed by atoms with Gasteiger partial charge in [0.2, 0.25) is 0 Å². The summed E-state index contributed by atoms with van der Waals surface area (Å²) in [5.41, 5.74) is 13.2. The topological polar surface area (TPSA) is 35.6 Å². The minimum Gasteiger partial charge on any atom is -0.309 e. The molecule has 0 saturated carbocycles. The molecule has 0 atom stereocenters. The first kappa shape index (κ1) is 29.6. The van der Waals surface area contributed by atoms with E-state index >= 15 is 0 Å². The van der Waals surface area contributed by atoms with Gasteiger partial charge in [-0.25, -0.2) is 9.97 Å². The van der Waals surface area contributed by atoms with Crippen LogP contribution in [-0.2, 0) is 0 Å². The summed E-state index contributed by atoms with van der Waals surface area (Å²) in [6, 6.07) is 64.5. The van der Waals surface area contributed by atoms with Gasteiger partial charge in [-0.3, -0.25) is 0 Å². The van der Waals surface area contributed by atoms with E-state index in [1.165, 1.54) is 43.6 Å². The Bertz CT molecular complexity index is 2610. The Labute approximate surface area is 297 Å². The smallest absolute Gasteiger partial charge is 0.0710 e. The molecule has 0 saturated heterocycles. The molecule has 0 fully saturated rings. The number of hydrogen-bond donors (Lipinski definition) is 0. The Morgan fingerprint density at radius 1 is 0.333 bits per heavy atom. The molecular weight excluding hydrogens is 640 g/mol. The van der Waals surface area contributed by atoms with Crippen LogP contribution in [0.25, 0.3) is 77.5 Å². The summed E-state index contributed by atoms with van der Waals surface area (Å²) >= 11 is 0. The Kier molecular flexibility index (Phi) is 7.07. The molecule has 0 spiro atoms. The summed E-state index contributed by atoms with van der Waals surface area (Å²) in [6.45, 7) is 0. The number of fused-ring (bicyclic) bond motifs is 6. The zero-order chi connectivity index (χ0) is 33.7. The number of nitrogens with zero attached hydrogens (tertiary/aromatic N) is 4. The van der Waals surface area contributed by atoms with Gasteiger partial charge in [-0.15, -0.1) is 0 Å². The fourth-order valence-electron chi connectivity index (χ4n) is 7.47. The lowest BCUT2D eigenvalue weighted by Crippen LogP contribution is -2.11. The molecule has 6 aromatic carbocycles. The summed E-state index contributed by atoms with van der Waals surface area (Å²) < 4.78 is 4.71. The van der Waals surface area contributed by atoms with Crippen LogP contribution in [0.3, 0.4) is 0 Å². The van der Waals surface area contributed by atoms with E-state index in [1.807, 2.05) is 0 Å². The molecular formula is C46H31N4P. The van der Waals surface area contributed by atoms with E-state index in [4.69, 9.17) is 9.97 Å². The number of pyridine rings is 2. The lowest BCUT2D eigenvalue weighted by Gasteiger charge is -2.11. The average Bonchev–Trinajstić information content (AvgIpc) is 3.71. The predicted molar refractivity (Wildman–Crippen MR) is 216 cm³/mol.